The van der Waals surface area contributed by atoms with Gasteiger partial charge in [0.1, 0.15) is 11.4 Å². The maximum atomic E-state index is 14.1. The number of carbonyl (C=O) groups excluding carboxylic acids is 2. The molecule has 1 aliphatic heterocycles. The number of amides is 1. The van der Waals surface area contributed by atoms with Crippen molar-refractivity contribution in [1.82, 2.24) is 4.90 Å². The van der Waals surface area contributed by atoms with E-state index >= 15 is 0 Å². The highest BCUT2D eigenvalue weighted by atomic mass is 32.2. The fourth-order valence-electron chi connectivity index (χ4n) is 6.03. The lowest BCUT2D eigenvalue weighted by Crippen LogP contribution is -2.39. The number of fused-ring (bicyclic) bond motifs is 2. The third-order valence-electron chi connectivity index (χ3n) is 7.16. The Morgan fingerprint density at radius 3 is 2.47 bits per heavy atom. The summed E-state index contributed by atoms with van der Waals surface area (Å²) in [6.07, 6.45) is 2.80. The van der Waals surface area contributed by atoms with E-state index in [1.165, 1.54) is 32.4 Å². The summed E-state index contributed by atoms with van der Waals surface area (Å²) in [4.78, 5) is 27.6. The number of methoxy groups -OCH3 is 2. The highest BCUT2D eigenvalue weighted by Crippen LogP contribution is 2.52. The maximum absolute atomic E-state index is 14.1. The molecule has 1 amide bonds. The number of hydrogen-bond acceptors (Lipinski definition) is 7. The highest BCUT2D eigenvalue weighted by Gasteiger charge is 2.51. The Bertz CT molecular complexity index is 1360. The second-order valence-electron chi connectivity index (χ2n) is 11.1. The van der Waals surface area contributed by atoms with Gasteiger partial charge in [-0.25, -0.2) is 17.6 Å². The van der Waals surface area contributed by atoms with Gasteiger partial charge in [-0.3, -0.25) is 9.52 Å². The molecule has 4 rings (SSSR count). The van der Waals surface area contributed by atoms with Gasteiger partial charge in [0.25, 0.3) is 15.9 Å². The van der Waals surface area contributed by atoms with Crippen molar-refractivity contribution in [2.75, 3.05) is 32.1 Å². The number of esters is 1. The first-order valence-electron chi connectivity index (χ1n) is 12.3. The van der Waals surface area contributed by atoms with Crippen LogP contribution in [0.4, 0.5) is 10.1 Å². The molecule has 2 aromatic carbocycles. The molecule has 2 atom stereocenters. The third kappa shape index (κ3) is 5.57. The molecule has 0 aromatic heterocycles. The number of sulfonamides is 1. The molecule has 0 radical (unpaired) electrons. The minimum absolute atomic E-state index is 0.0244. The molecule has 206 valence electrons. The van der Waals surface area contributed by atoms with E-state index in [0.717, 1.165) is 37.5 Å². The lowest BCUT2D eigenvalue weighted by atomic mass is 9.65. The number of nitrogens with zero attached hydrogens (tertiary/aromatic N) is 1. The molecule has 2 aliphatic rings. The summed E-state index contributed by atoms with van der Waals surface area (Å²) in [7, 11) is -1.76. The fourth-order valence-corrected chi connectivity index (χ4v) is 7.14. The average Bonchev–Trinajstić information content (AvgIpc) is 3.11. The normalized spacial score (nSPS) is 22.1. The van der Waals surface area contributed by atoms with Crippen molar-refractivity contribution < 1.29 is 36.6 Å². The third-order valence-corrected chi connectivity index (χ3v) is 8.51. The largest absolute Gasteiger partial charge is 0.493 e. The standard InChI is InChI=1S/C27H33FN2O7S/c1-26(2)12-17-13-27(3,15-26)16-30(17)23(31)14-37-25(32)19-10-18(11-22(35-4)24(19)36-5)38(33,34)29-21-9-7-6-8-20(21)28/h6-11,17,29H,12-16H2,1-5H3. The van der Waals surface area contributed by atoms with Gasteiger partial charge in [0.15, 0.2) is 18.1 Å². The number of carbonyl (C=O) groups is 2. The molecule has 1 heterocycles. The van der Waals surface area contributed by atoms with Crippen LogP contribution in [0, 0.1) is 16.6 Å². The van der Waals surface area contributed by atoms with E-state index < -0.39 is 28.4 Å². The Labute approximate surface area is 222 Å². The summed E-state index contributed by atoms with van der Waals surface area (Å²) >= 11 is 0. The van der Waals surface area contributed by atoms with Crippen molar-refractivity contribution in [2.24, 2.45) is 10.8 Å². The molecule has 11 heteroatoms. The number of anilines is 1. The van der Waals surface area contributed by atoms with Crippen LogP contribution in [0.2, 0.25) is 0 Å². The van der Waals surface area contributed by atoms with E-state index in [2.05, 4.69) is 25.5 Å². The minimum Gasteiger partial charge on any atom is -0.493 e. The Morgan fingerprint density at radius 1 is 1.11 bits per heavy atom. The second kappa shape index (κ2) is 10.1. The summed E-state index contributed by atoms with van der Waals surface area (Å²) < 4.78 is 58.2. The number of likely N-dealkylation sites (tertiary alicyclic amines) is 1. The molecule has 1 saturated heterocycles. The van der Waals surface area contributed by atoms with Gasteiger partial charge in [0, 0.05) is 18.7 Å². The molecule has 38 heavy (non-hydrogen) atoms. The molecule has 2 fully saturated rings. The van der Waals surface area contributed by atoms with Crippen LogP contribution in [0.5, 0.6) is 11.5 Å². The van der Waals surface area contributed by atoms with Crippen molar-refractivity contribution in [3.05, 3.63) is 47.8 Å². The van der Waals surface area contributed by atoms with Crippen LogP contribution in [-0.2, 0) is 19.6 Å². The molecule has 2 aromatic rings. The van der Waals surface area contributed by atoms with Crippen molar-refractivity contribution in [3.8, 4) is 11.5 Å². The lowest BCUT2D eigenvalue weighted by molar-refractivity contribution is -0.135. The Hall–Kier alpha value is -3.34. The van der Waals surface area contributed by atoms with Gasteiger partial charge in [-0.15, -0.1) is 0 Å². The first-order valence-corrected chi connectivity index (χ1v) is 13.8. The van der Waals surface area contributed by atoms with Crippen molar-refractivity contribution in [1.29, 1.82) is 0 Å². The molecule has 1 aliphatic carbocycles. The van der Waals surface area contributed by atoms with Gasteiger partial charge in [-0.1, -0.05) is 32.9 Å². The second-order valence-corrected chi connectivity index (χ2v) is 12.8. The van der Waals surface area contributed by atoms with Crippen molar-refractivity contribution in [3.63, 3.8) is 0 Å². The predicted octanol–water partition coefficient (Wildman–Crippen LogP) is 4.23. The summed E-state index contributed by atoms with van der Waals surface area (Å²) in [5.41, 5.74) is -0.362. The monoisotopic (exact) mass is 548 g/mol. The molecule has 1 saturated carbocycles. The molecular weight excluding hydrogens is 515 g/mol. The number of hydrogen-bond donors (Lipinski definition) is 1. The van der Waals surface area contributed by atoms with E-state index in [0.29, 0.717) is 6.54 Å². The van der Waals surface area contributed by atoms with Gasteiger partial charge in [0.2, 0.25) is 0 Å². The summed E-state index contributed by atoms with van der Waals surface area (Å²) in [5, 5.41) is 0. The van der Waals surface area contributed by atoms with Crippen LogP contribution < -0.4 is 14.2 Å². The van der Waals surface area contributed by atoms with Gasteiger partial charge in [-0.2, -0.15) is 0 Å². The van der Waals surface area contributed by atoms with Crippen LogP contribution in [0.25, 0.3) is 0 Å². The molecule has 0 spiro atoms. The number of para-hydroxylation sites is 1. The lowest BCUT2D eigenvalue weighted by Gasteiger charge is -2.39. The van der Waals surface area contributed by atoms with E-state index in [1.807, 2.05) is 0 Å². The van der Waals surface area contributed by atoms with E-state index in [-0.39, 0.29) is 50.4 Å². The quantitative estimate of drug-likeness (QED) is 0.492. The fraction of sp³-hybridized carbons (Fsp3) is 0.481. The van der Waals surface area contributed by atoms with Crippen LogP contribution in [0.1, 0.15) is 50.4 Å². The highest BCUT2D eigenvalue weighted by molar-refractivity contribution is 7.92. The van der Waals surface area contributed by atoms with Gasteiger partial charge in [-0.05, 0) is 48.3 Å². The zero-order chi connectivity index (χ0) is 27.9. The van der Waals surface area contributed by atoms with E-state index in [4.69, 9.17) is 14.2 Å². The minimum atomic E-state index is -4.33. The first kappa shape index (κ1) is 27.7. The van der Waals surface area contributed by atoms with Crippen molar-refractivity contribution >= 4 is 27.6 Å². The van der Waals surface area contributed by atoms with Crippen LogP contribution in [0.15, 0.2) is 41.3 Å². The number of ether oxygens (including phenoxy) is 3. The predicted molar refractivity (Wildman–Crippen MR) is 138 cm³/mol. The molecular formula is C27H33FN2O7S. The Kier molecular flexibility index (Phi) is 7.35. The topological polar surface area (TPSA) is 111 Å². The number of halogens is 1. The molecule has 1 N–H and O–H groups in total. The summed E-state index contributed by atoms with van der Waals surface area (Å²) in [6, 6.07) is 7.56. The molecule has 9 nitrogen and oxygen atoms in total. The SMILES string of the molecule is COc1cc(S(=O)(=O)Nc2ccccc2F)cc(C(=O)OCC(=O)N2CC3(C)CC2CC(C)(C)C3)c1OC. The summed E-state index contributed by atoms with van der Waals surface area (Å²) in [6.45, 7) is 6.69. The van der Waals surface area contributed by atoms with E-state index in [9.17, 15) is 22.4 Å². The average molecular weight is 549 g/mol. The van der Waals surface area contributed by atoms with Crippen LogP contribution in [-0.4, -0.2) is 58.6 Å². The van der Waals surface area contributed by atoms with Gasteiger partial charge >= 0.3 is 5.97 Å². The van der Waals surface area contributed by atoms with E-state index in [1.54, 1.807) is 4.90 Å². The molecule has 2 unspecified atom stereocenters. The van der Waals surface area contributed by atoms with Gasteiger partial charge in [0.05, 0.1) is 24.8 Å². The van der Waals surface area contributed by atoms with Crippen LogP contribution in [0.3, 0.4) is 0 Å². The number of rotatable bonds is 8. The zero-order valence-electron chi connectivity index (χ0n) is 22.2. The maximum Gasteiger partial charge on any atom is 0.342 e. The van der Waals surface area contributed by atoms with Crippen molar-refractivity contribution in [2.45, 2.75) is 51.0 Å². The Morgan fingerprint density at radius 2 is 1.82 bits per heavy atom. The number of benzene rings is 2. The van der Waals surface area contributed by atoms with Crippen LogP contribution >= 0.6 is 0 Å². The zero-order valence-corrected chi connectivity index (χ0v) is 23.0. The first-order chi connectivity index (χ1) is 17.8. The number of nitrogens with one attached hydrogen (secondary N) is 1. The smallest absolute Gasteiger partial charge is 0.342 e. The van der Waals surface area contributed by atoms with Gasteiger partial charge < -0.3 is 19.1 Å². The summed E-state index contributed by atoms with van der Waals surface area (Å²) in [5.74, 6) is -2.13. The Balaban J connectivity index is 1.55. The molecule has 2 bridgehead atoms.